The average Bonchev–Trinajstić information content (AvgIpc) is 2.84. The van der Waals surface area contributed by atoms with Crippen molar-refractivity contribution in [2.75, 3.05) is 36.8 Å². The van der Waals surface area contributed by atoms with E-state index in [9.17, 15) is 9.59 Å². The normalized spacial score (nSPS) is 11.0. The highest BCUT2D eigenvalue weighted by atomic mass is 35.5. The number of halogens is 1. The molecule has 190 valence electrons. The molecule has 1 aromatic heterocycles. The summed E-state index contributed by atoms with van der Waals surface area (Å²) in [5.74, 6) is 1.55. The van der Waals surface area contributed by atoms with Crippen molar-refractivity contribution in [3.8, 4) is 11.4 Å². The highest BCUT2D eigenvalue weighted by molar-refractivity contribution is 6.30. The number of carbonyl (C=O) groups is 2. The summed E-state index contributed by atoms with van der Waals surface area (Å²) in [5, 5.41) is 12.8. The van der Waals surface area contributed by atoms with Crippen molar-refractivity contribution in [3.63, 3.8) is 0 Å². The molecule has 0 aliphatic carbocycles. The van der Waals surface area contributed by atoms with Gasteiger partial charge in [-0.2, -0.15) is 0 Å². The van der Waals surface area contributed by atoms with Crippen molar-refractivity contribution in [3.05, 3.63) is 70.7 Å². The van der Waals surface area contributed by atoms with Crippen LogP contribution in [0.4, 0.5) is 11.6 Å². The summed E-state index contributed by atoms with van der Waals surface area (Å²) < 4.78 is 0. The van der Waals surface area contributed by atoms with Gasteiger partial charge in [-0.15, -0.1) is 0 Å². The van der Waals surface area contributed by atoms with Crippen molar-refractivity contribution >= 4 is 35.1 Å². The van der Waals surface area contributed by atoms with E-state index in [0.717, 1.165) is 5.56 Å². The minimum atomic E-state index is -0.123. The van der Waals surface area contributed by atoms with Gasteiger partial charge in [0.25, 0.3) is 5.91 Å². The molecular weight excluding hydrogens is 476 g/mol. The first kappa shape index (κ1) is 26.9. The van der Waals surface area contributed by atoms with Crippen LogP contribution in [0.3, 0.4) is 0 Å². The molecule has 3 aromatic rings. The van der Waals surface area contributed by atoms with Crippen LogP contribution >= 0.6 is 11.6 Å². The molecule has 0 aliphatic rings. The van der Waals surface area contributed by atoms with Crippen molar-refractivity contribution in [2.24, 2.45) is 0 Å². The molecule has 4 N–H and O–H groups in total. The fourth-order valence-corrected chi connectivity index (χ4v) is 3.50. The molecular formula is C27H33ClN6O2. The summed E-state index contributed by atoms with van der Waals surface area (Å²) in [6.45, 7) is 9.79. The number of hydrogen-bond donors (Lipinski definition) is 4. The van der Waals surface area contributed by atoms with Gasteiger partial charge in [0.1, 0.15) is 11.6 Å². The first-order valence-corrected chi connectivity index (χ1v) is 12.3. The number of nitrogens with zero attached hydrogens (tertiary/aromatic N) is 2. The Labute approximate surface area is 217 Å². The van der Waals surface area contributed by atoms with E-state index >= 15 is 0 Å². The van der Waals surface area contributed by atoms with Gasteiger partial charge in [0.15, 0.2) is 5.82 Å². The molecule has 0 fully saturated rings. The minimum absolute atomic E-state index is 0.0407. The van der Waals surface area contributed by atoms with Crippen LogP contribution in [0.2, 0.25) is 5.02 Å². The Morgan fingerprint density at radius 1 is 0.806 bits per heavy atom. The van der Waals surface area contributed by atoms with Crippen LogP contribution in [0.15, 0.2) is 54.6 Å². The first-order chi connectivity index (χ1) is 17.1. The third-order valence-electron chi connectivity index (χ3n) is 5.36. The Kier molecular flexibility index (Phi) is 9.25. The molecule has 0 saturated carbocycles. The zero-order chi connectivity index (χ0) is 26.1. The number of anilines is 2. The van der Waals surface area contributed by atoms with E-state index < -0.39 is 0 Å². The third kappa shape index (κ3) is 8.23. The van der Waals surface area contributed by atoms with Gasteiger partial charge >= 0.3 is 0 Å². The molecule has 3 rings (SSSR count). The topological polar surface area (TPSA) is 108 Å². The van der Waals surface area contributed by atoms with Gasteiger partial charge in [-0.1, -0.05) is 44.5 Å². The number of carbonyl (C=O) groups excluding carboxylic acids is 2. The second-order valence-electron chi connectivity index (χ2n) is 9.39. The van der Waals surface area contributed by atoms with Gasteiger partial charge in [-0.05, 0) is 47.4 Å². The maximum absolute atomic E-state index is 12.5. The largest absolute Gasteiger partial charge is 0.368 e. The van der Waals surface area contributed by atoms with Gasteiger partial charge < -0.3 is 21.3 Å². The van der Waals surface area contributed by atoms with Gasteiger partial charge in [0.05, 0.1) is 0 Å². The standard InChI is InChI=1S/C27H33ClN6O2/c1-18(35)29-13-14-30-23-17-24(34-25(33-23)19-7-11-22(28)12-8-19)31-15-16-32-26(36)20-5-9-21(10-6-20)27(2,3)4/h5-12,17H,13-16H2,1-4H3,(H,29,35)(H,32,36)(H2,30,31,33,34). The summed E-state index contributed by atoms with van der Waals surface area (Å²) in [7, 11) is 0. The maximum Gasteiger partial charge on any atom is 0.251 e. The molecule has 2 aromatic carbocycles. The molecule has 0 atom stereocenters. The second-order valence-corrected chi connectivity index (χ2v) is 9.83. The third-order valence-corrected chi connectivity index (χ3v) is 5.62. The fraction of sp³-hybridized carbons (Fsp3) is 0.333. The van der Waals surface area contributed by atoms with Crippen molar-refractivity contribution in [1.29, 1.82) is 0 Å². The van der Waals surface area contributed by atoms with Crippen LogP contribution in [0.1, 0.15) is 43.6 Å². The quantitative estimate of drug-likeness (QED) is 0.301. The molecule has 0 spiro atoms. The van der Waals surface area contributed by atoms with E-state index in [1.807, 2.05) is 36.4 Å². The van der Waals surface area contributed by atoms with E-state index in [1.54, 1.807) is 18.2 Å². The predicted octanol–water partition coefficient (Wildman–Crippen LogP) is 4.48. The van der Waals surface area contributed by atoms with Crippen molar-refractivity contribution < 1.29 is 9.59 Å². The summed E-state index contributed by atoms with van der Waals surface area (Å²) in [4.78, 5) is 32.8. The Balaban J connectivity index is 1.61. The lowest BCUT2D eigenvalue weighted by Gasteiger charge is -2.19. The SMILES string of the molecule is CC(=O)NCCNc1cc(NCCNC(=O)c2ccc(C(C)(C)C)cc2)nc(-c2ccc(Cl)cc2)n1. The lowest BCUT2D eigenvalue weighted by atomic mass is 9.87. The highest BCUT2D eigenvalue weighted by Crippen LogP contribution is 2.23. The number of rotatable bonds is 10. The Bertz CT molecular complexity index is 1170. The number of benzene rings is 2. The lowest BCUT2D eigenvalue weighted by molar-refractivity contribution is -0.118. The monoisotopic (exact) mass is 508 g/mol. The molecule has 0 saturated heterocycles. The molecule has 0 unspecified atom stereocenters. The first-order valence-electron chi connectivity index (χ1n) is 11.9. The molecule has 36 heavy (non-hydrogen) atoms. The van der Waals surface area contributed by atoms with Gasteiger partial charge in [0, 0.05) is 55.3 Å². The average molecular weight is 509 g/mol. The fourth-order valence-electron chi connectivity index (χ4n) is 3.38. The molecule has 0 aliphatic heterocycles. The second kappa shape index (κ2) is 12.4. The van der Waals surface area contributed by atoms with Crippen LogP contribution in [0, 0.1) is 0 Å². The van der Waals surface area contributed by atoms with Crippen LogP contribution < -0.4 is 21.3 Å². The zero-order valence-corrected chi connectivity index (χ0v) is 21.9. The highest BCUT2D eigenvalue weighted by Gasteiger charge is 2.14. The lowest BCUT2D eigenvalue weighted by Crippen LogP contribution is -2.29. The van der Waals surface area contributed by atoms with Gasteiger partial charge in [0.2, 0.25) is 5.91 Å². The van der Waals surface area contributed by atoms with Crippen molar-refractivity contribution in [2.45, 2.75) is 33.1 Å². The van der Waals surface area contributed by atoms with E-state index in [1.165, 1.54) is 12.5 Å². The van der Waals surface area contributed by atoms with E-state index in [4.69, 9.17) is 11.6 Å². The molecule has 0 bridgehead atoms. The zero-order valence-electron chi connectivity index (χ0n) is 21.1. The minimum Gasteiger partial charge on any atom is -0.368 e. The molecule has 1 heterocycles. The van der Waals surface area contributed by atoms with Crippen LogP contribution in [-0.2, 0) is 10.2 Å². The smallest absolute Gasteiger partial charge is 0.251 e. The Hall–Kier alpha value is -3.65. The molecule has 0 radical (unpaired) electrons. The summed E-state index contributed by atoms with van der Waals surface area (Å²) in [6, 6.07) is 16.8. The van der Waals surface area contributed by atoms with E-state index in [2.05, 4.69) is 52.0 Å². The Morgan fingerprint density at radius 2 is 1.36 bits per heavy atom. The molecule has 9 heteroatoms. The van der Waals surface area contributed by atoms with E-state index in [0.29, 0.717) is 54.2 Å². The summed E-state index contributed by atoms with van der Waals surface area (Å²) in [5.41, 5.74) is 2.67. The Morgan fingerprint density at radius 3 is 1.89 bits per heavy atom. The summed E-state index contributed by atoms with van der Waals surface area (Å²) in [6.07, 6.45) is 0. The predicted molar refractivity (Wildman–Crippen MR) is 146 cm³/mol. The molecule has 2 amide bonds. The number of aromatic nitrogens is 2. The number of hydrogen-bond acceptors (Lipinski definition) is 6. The van der Waals surface area contributed by atoms with Gasteiger partial charge in [-0.25, -0.2) is 9.97 Å². The molecule has 8 nitrogen and oxygen atoms in total. The van der Waals surface area contributed by atoms with Crippen molar-refractivity contribution in [1.82, 2.24) is 20.6 Å². The van der Waals surface area contributed by atoms with Crippen LogP contribution in [0.25, 0.3) is 11.4 Å². The van der Waals surface area contributed by atoms with Crippen LogP contribution in [-0.4, -0.2) is 48.0 Å². The van der Waals surface area contributed by atoms with E-state index in [-0.39, 0.29) is 17.2 Å². The van der Waals surface area contributed by atoms with Gasteiger partial charge in [-0.3, -0.25) is 9.59 Å². The number of amides is 2. The van der Waals surface area contributed by atoms with Crippen LogP contribution in [0.5, 0.6) is 0 Å². The summed E-state index contributed by atoms with van der Waals surface area (Å²) >= 11 is 6.02. The maximum atomic E-state index is 12.5. The number of nitrogens with one attached hydrogen (secondary N) is 4.